The second-order valence-corrected chi connectivity index (χ2v) is 7.73. The van der Waals surface area contributed by atoms with Gasteiger partial charge in [0.2, 0.25) is 0 Å². The average Bonchev–Trinajstić information content (AvgIpc) is 3.59. The number of aliphatic carboxylic acids is 1. The molecule has 1 aliphatic carbocycles. The van der Waals surface area contributed by atoms with Crippen LogP contribution in [0.15, 0.2) is 60.8 Å². The van der Waals surface area contributed by atoms with Gasteiger partial charge in [0.1, 0.15) is 18.2 Å². The van der Waals surface area contributed by atoms with Gasteiger partial charge in [-0.1, -0.05) is 24.3 Å². The summed E-state index contributed by atoms with van der Waals surface area (Å²) in [6.45, 7) is 0.246. The molecule has 4 rings (SSSR count). The number of halogens is 1. The molecule has 4 nitrogen and oxygen atoms in total. The van der Waals surface area contributed by atoms with Crippen LogP contribution in [0, 0.1) is 5.82 Å². The Bertz CT molecular complexity index is 1010. The van der Waals surface area contributed by atoms with Gasteiger partial charge in [-0.2, -0.15) is 0 Å². The van der Waals surface area contributed by atoms with E-state index < -0.39 is 5.97 Å². The summed E-state index contributed by atoms with van der Waals surface area (Å²) in [5.41, 5.74) is 4.82. The first kappa shape index (κ1) is 20.1. The summed E-state index contributed by atoms with van der Waals surface area (Å²) < 4.78 is 19.8. The molecular weight excluding hydrogens is 381 g/mol. The lowest BCUT2D eigenvalue weighted by Crippen LogP contribution is -2.00. The lowest BCUT2D eigenvalue weighted by Gasteiger charge is -2.12. The minimum Gasteiger partial charge on any atom is -0.489 e. The van der Waals surface area contributed by atoms with E-state index in [1.54, 1.807) is 6.07 Å². The SMILES string of the molecule is O=C(O)CCCc1ccc(OCc2cc(F)ccc2-c2ccc(C3CC3)nc2)cc1. The zero-order valence-electron chi connectivity index (χ0n) is 16.7. The summed E-state index contributed by atoms with van der Waals surface area (Å²) in [6, 6.07) is 16.4. The fourth-order valence-electron chi connectivity index (χ4n) is 3.51. The topological polar surface area (TPSA) is 59.4 Å². The van der Waals surface area contributed by atoms with Crippen molar-refractivity contribution in [3.8, 4) is 16.9 Å². The molecule has 0 radical (unpaired) electrons. The van der Waals surface area contributed by atoms with E-state index >= 15 is 0 Å². The van der Waals surface area contributed by atoms with Crippen LogP contribution < -0.4 is 4.74 Å². The summed E-state index contributed by atoms with van der Waals surface area (Å²) in [5, 5.41) is 8.73. The number of pyridine rings is 1. The zero-order valence-corrected chi connectivity index (χ0v) is 16.7. The highest BCUT2D eigenvalue weighted by Gasteiger charge is 2.24. The molecule has 0 spiro atoms. The zero-order chi connectivity index (χ0) is 20.9. The van der Waals surface area contributed by atoms with Crippen molar-refractivity contribution in [1.82, 2.24) is 4.98 Å². The lowest BCUT2D eigenvalue weighted by atomic mass is 10.0. The maximum atomic E-state index is 13.9. The number of hydrogen-bond donors (Lipinski definition) is 1. The van der Waals surface area contributed by atoms with Crippen molar-refractivity contribution in [3.05, 3.63) is 83.4 Å². The molecule has 1 fully saturated rings. The van der Waals surface area contributed by atoms with E-state index in [1.807, 2.05) is 36.5 Å². The Morgan fingerprint density at radius 2 is 1.90 bits per heavy atom. The molecule has 5 heteroatoms. The van der Waals surface area contributed by atoms with Crippen molar-refractivity contribution in [3.63, 3.8) is 0 Å². The molecule has 1 aromatic heterocycles. The maximum Gasteiger partial charge on any atom is 0.303 e. The molecule has 1 N–H and O–H groups in total. The Labute approximate surface area is 175 Å². The number of nitrogens with zero attached hydrogens (tertiary/aromatic N) is 1. The number of rotatable bonds is 9. The third-order valence-electron chi connectivity index (χ3n) is 5.33. The minimum absolute atomic E-state index is 0.164. The Kier molecular flexibility index (Phi) is 6.07. The Morgan fingerprint density at radius 1 is 1.10 bits per heavy atom. The van der Waals surface area contributed by atoms with E-state index in [-0.39, 0.29) is 18.8 Å². The van der Waals surface area contributed by atoms with Gasteiger partial charge in [0, 0.05) is 35.4 Å². The summed E-state index contributed by atoms with van der Waals surface area (Å²) in [5.74, 6) is 0.212. The Morgan fingerprint density at radius 3 is 2.57 bits per heavy atom. The van der Waals surface area contributed by atoms with Crippen LogP contribution in [0.2, 0.25) is 0 Å². The Hall–Kier alpha value is -3.21. The van der Waals surface area contributed by atoms with Crippen molar-refractivity contribution >= 4 is 5.97 Å². The van der Waals surface area contributed by atoms with Crippen molar-refractivity contribution in [1.29, 1.82) is 0 Å². The molecule has 0 bridgehead atoms. The second kappa shape index (κ2) is 9.08. The number of aromatic nitrogens is 1. The van der Waals surface area contributed by atoms with Crippen LogP contribution in [-0.4, -0.2) is 16.1 Å². The molecule has 0 saturated heterocycles. The van der Waals surface area contributed by atoms with Gasteiger partial charge in [-0.25, -0.2) is 4.39 Å². The third-order valence-corrected chi connectivity index (χ3v) is 5.33. The molecular formula is C25H24FNO3. The fourth-order valence-corrected chi connectivity index (χ4v) is 3.51. The third kappa shape index (κ3) is 5.23. The van der Waals surface area contributed by atoms with Crippen LogP contribution in [0.1, 0.15) is 48.4 Å². The quantitative estimate of drug-likeness (QED) is 0.492. The summed E-state index contributed by atoms with van der Waals surface area (Å²) in [6.07, 6.45) is 5.76. The van der Waals surface area contributed by atoms with Gasteiger partial charge in [0.15, 0.2) is 0 Å². The van der Waals surface area contributed by atoms with Crippen molar-refractivity contribution in [2.75, 3.05) is 0 Å². The first-order chi connectivity index (χ1) is 14.6. The molecule has 1 heterocycles. The van der Waals surface area contributed by atoms with E-state index in [2.05, 4.69) is 11.1 Å². The van der Waals surface area contributed by atoms with Crippen LogP contribution in [0.3, 0.4) is 0 Å². The predicted octanol–water partition coefficient (Wildman–Crippen LogP) is 5.75. The molecule has 0 unspecified atom stereocenters. The van der Waals surface area contributed by atoms with Crippen LogP contribution in [-0.2, 0) is 17.8 Å². The van der Waals surface area contributed by atoms with Crippen LogP contribution in [0.5, 0.6) is 5.75 Å². The molecule has 0 amide bonds. The molecule has 3 aromatic rings. The number of carboxylic acid groups (broad SMARTS) is 1. The number of carboxylic acids is 1. The van der Waals surface area contributed by atoms with E-state index in [9.17, 15) is 9.18 Å². The van der Waals surface area contributed by atoms with Gasteiger partial charge in [-0.3, -0.25) is 9.78 Å². The first-order valence-corrected chi connectivity index (χ1v) is 10.3. The summed E-state index contributed by atoms with van der Waals surface area (Å²) in [4.78, 5) is 15.2. The van der Waals surface area contributed by atoms with Crippen molar-refractivity contribution in [2.24, 2.45) is 0 Å². The van der Waals surface area contributed by atoms with Gasteiger partial charge in [0.25, 0.3) is 0 Å². The van der Waals surface area contributed by atoms with Gasteiger partial charge >= 0.3 is 5.97 Å². The van der Waals surface area contributed by atoms with E-state index in [4.69, 9.17) is 9.84 Å². The predicted molar refractivity (Wildman–Crippen MR) is 113 cm³/mol. The molecule has 30 heavy (non-hydrogen) atoms. The second-order valence-electron chi connectivity index (χ2n) is 7.73. The van der Waals surface area contributed by atoms with Crippen molar-refractivity contribution in [2.45, 2.75) is 44.6 Å². The monoisotopic (exact) mass is 405 g/mol. The minimum atomic E-state index is -0.779. The highest BCUT2D eigenvalue weighted by Crippen LogP contribution is 2.39. The highest BCUT2D eigenvalue weighted by atomic mass is 19.1. The number of ether oxygens (including phenoxy) is 1. The molecule has 1 saturated carbocycles. The maximum absolute atomic E-state index is 13.9. The van der Waals surface area contributed by atoms with Crippen LogP contribution in [0.4, 0.5) is 4.39 Å². The van der Waals surface area contributed by atoms with E-state index in [0.29, 0.717) is 24.5 Å². The van der Waals surface area contributed by atoms with Gasteiger partial charge in [-0.05, 0) is 67.1 Å². The van der Waals surface area contributed by atoms with Gasteiger partial charge in [-0.15, -0.1) is 0 Å². The highest BCUT2D eigenvalue weighted by molar-refractivity contribution is 5.67. The molecule has 154 valence electrons. The summed E-state index contributed by atoms with van der Waals surface area (Å²) >= 11 is 0. The first-order valence-electron chi connectivity index (χ1n) is 10.3. The largest absolute Gasteiger partial charge is 0.489 e. The molecule has 2 aromatic carbocycles. The van der Waals surface area contributed by atoms with Gasteiger partial charge in [0.05, 0.1) is 0 Å². The molecule has 0 atom stereocenters. The number of carbonyl (C=O) groups is 1. The number of hydrogen-bond acceptors (Lipinski definition) is 3. The van der Waals surface area contributed by atoms with E-state index in [1.165, 1.54) is 25.0 Å². The Balaban J connectivity index is 1.42. The normalized spacial score (nSPS) is 13.2. The number of benzene rings is 2. The van der Waals surface area contributed by atoms with E-state index in [0.717, 1.165) is 27.9 Å². The lowest BCUT2D eigenvalue weighted by molar-refractivity contribution is -0.137. The molecule has 0 aliphatic heterocycles. The summed E-state index contributed by atoms with van der Waals surface area (Å²) in [7, 11) is 0. The molecule has 1 aliphatic rings. The van der Waals surface area contributed by atoms with Crippen LogP contribution in [0.25, 0.3) is 11.1 Å². The average molecular weight is 405 g/mol. The van der Waals surface area contributed by atoms with Crippen LogP contribution >= 0.6 is 0 Å². The number of aryl methyl sites for hydroxylation is 1. The standard InChI is InChI=1S/C25H24FNO3/c26-21-9-12-23(19-8-13-24(27-15-19)18-6-7-18)20(14-21)16-30-22-10-4-17(5-11-22)2-1-3-25(28)29/h4-5,8-15,18H,1-3,6-7,16H2,(H,28,29). The fraction of sp³-hybridized carbons (Fsp3) is 0.280. The van der Waals surface area contributed by atoms with Gasteiger partial charge < -0.3 is 9.84 Å². The van der Waals surface area contributed by atoms with Crippen molar-refractivity contribution < 1.29 is 19.0 Å². The smallest absolute Gasteiger partial charge is 0.303 e.